The molecule has 1 aliphatic rings. The lowest BCUT2D eigenvalue weighted by atomic mass is 9.96. The Labute approximate surface area is 158 Å². The average Bonchev–Trinajstić information content (AvgIpc) is 3.23. The quantitative estimate of drug-likeness (QED) is 0.713. The van der Waals surface area contributed by atoms with Gasteiger partial charge in [0.25, 0.3) is 5.91 Å². The molecule has 0 N–H and O–H groups in total. The summed E-state index contributed by atoms with van der Waals surface area (Å²) in [5.41, 5.74) is 1.40. The first-order chi connectivity index (χ1) is 13.3. The minimum Gasteiger partial charge on any atom is -0.338 e. The van der Waals surface area contributed by atoms with Gasteiger partial charge in [0.05, 0.1) is 5.56 Å². The van der Waals surface area contributed by atoms with E-state index in [1.165, 1.54) is 0 Å². The molecule has 138 valence electrons. The number of nitrogens with zero attached hydrogens (tertiary/aromatic N) is 6. The molecule has 1 atom stereocenters. The molecule has 4 heterocycles. The fourth-order valence-corrected chi connectivity index (χ4v) is 3.59. The maximum absolute atomic E-state index is 12.9. The summed E-state index contributed by atoms with van der Waals surface area (Å²) in [6.07, 6.45) is 12.5. The number of rotatable bonds is 4. The minimum absolute atomic E-state index is 0.0180. The number of aryl methyl sites for hydroxylation is 1. The zero-order chi connectivity index (χ0) is 18.6. The maximum Gasteiger partial charge on any atom is 0.257 e. The average molecular weight is 362 g/mol. The van der Waals surface area contributed by atoms with Gasteiger partial charge in [0.15, 0.2) is 5.82 Å². The lowest BCUT2D eigenvalue weighted by molar-refractivity contribution is 0.0702. The second kappa shape index (κ2) is 7.65. The lowest BCUT2D eigenvalue weighted by Gasteiger charge is -2.32. The Bertz CT molecular complexity index is 906. The van der Waals surface area contributed by atoms with Crippen molar-refractivity contribution in [1.29, 1.82) is 0 Å². The molecule has 0 radical (unpaired) electrons. The Morgan fingerprint density at radius 2 is 1.93 bits per heavy atom. The summed E-state index contributed by atoms with van der Waals surface area (Å²) in [6.45, 7) is 4.44. The van der Waals surface area contributed by atoms with Crippen molar-refractivity contribution in [3.63, 3.8) is 0 Å². The van der Waals surface area contributed by atoms with E-state index in [2.05, 4.69) is 31.4 Å². The predicted molar refractivity (Wildman–Crippen MR) is 101 cm³/mol. The first kappa shape index (κ1) is 17.3. The van der Waals surface area contributed by atoms with Crippen LogP contribution in [0.1, 0.15) is 41.9 Å². The fourth-order valence-electron chi connectivity index (χ4n) is 3.59. The van der Waals surface area contributed by atoms with E-state index in [1.54, 1.807) is 24.8 Å². The number of pyridine rings is 1. The molecule has 0 aromatic carbocycles. The number of aromatic nitrogens is 5. The molecule has 1 aliphatic heterocycles. The molecule has 3 aromatic rings. The second-order valence-electron chi connectivity index (χ2n) is 6.69. The van der Waals surface area contributed by atoms with Crippen molar-refractivity contribution >= 4 is 5.91 Å². The molecule has 0 unspecified atom stereocenters. The maximum atomic E-state index is 12.9. The molecule has 4 rings (SSSR count). The van der Waals surface area contributed by atoms with Gasteiger partial charge in [-0.25, -0.2) is 15.0 Å². The van der Waals surface area contributed by atoms with Gasteiger partial charge in [-0.15, -0.1) is 0 Å². The van der Waals surface area contributed by atoms with Gasteiger partial charge >= 0.3 is 0 Å². The van der Waals surface area contributed by atoms with Gasteiger partial charge < -0.3 is 9.47 Å². The number of carbonyl (C=O) groups is 1. The first-order valence-corrected chi connectivity index (χ1v) is 9.29. The number of imidazole rings is 1. The van der Waals surface area contributed by atoms with Crippen LogP contribution in [0, 0.1) is 0 Å². The van der Waals surface area contributed by atoms with Crippen LogP contribution in [0.4, 0.5) is 0 Å². The number of piperidine rings is 1. The van der Waals surface area contributed by atoms with E-state index in [0.29, 0.717) is 17.9 Å². The largest absolute Gasteiger partial charge is 0.338 e. The highest BCUT2D eigenvalue weighted by Gasteiger charge is 2.28. The number of carbonyl (C=O) groups excluding carboxylic acids is 1. The zero-order valence-corrected chi connectivity index (χ0v) is 15.3. The normalized spacial score (nSPS) is 17.1. The van der Waals surface area contributed by atoms with Crippen LogP contribution in [-0.2, 0) is 6.54 Å². The van der Waals surface area contributed by atoms with Crippen LogP contribution >= 0.6 is 0 Å². The van der Waals surface area contributed by atoms with Crippen molar-refractivity contribution in [3.8, 4) is 11.4 Å². The third-order valence-corrected chi connectivity index (χ3v) is 5.00. The van der Waals surface area contributed by atoms with Gasteiger partial charge in [0.1, 0.15) is 5.82 Å². The zero-order valence-electron chi connectivity index (χ0n) is 15.3. The SMILES string of the molecule is CCn1ccnc1[C@@H]1CCCN(C(=O)c2cnc(-c3ccncc3)nc2)C1. The molecule has 27 heavy (non-hydrogen) atoms. The molecule has 0 spiro atoms. The molecule has 1 saturated heterocycles. The van der Waals surface area contributed by atoms with E-state index in [0.717, 1.165) is 37.3 Å². The van der Waals surface area contributed by atoms with Crippen molar-refractivity contribution in [2.45, 2.75) is 32.2 Å². The molecule has 3 aromatic heterocycles. The van der Waals surface area contributed by atoms with Crippen molar-refractivity contribution < 1.29 is 4.79 Å². The monoisotopic (exact) mass is 362 g/mol. The third-order valence-electron chi connectivity index (χ3n) is 5.00. The molecular weight excluding hydrogens is 340 g/mol. The summed E-state index contributed by atoms with van der Waals surface area (Å²) < 4.78 is 2.16. The summed E-state index contributed by atoms with van der Waals surface area (Å²) >= 11 is 0. The number of hydrogen-bond donors (Lipinski definition) is 0. The lowest BCUT2D eigenvalue weighted by Crippen LogP contribution is -2.39. The van der Waals surface area contributed by atoms with E-state index in [1.807, 2.05) is 29.4 Å². The minimum atomic E-state index is -0.0180. The van der Waals surface area contributed by atoms with Gasteiger partial charge in [-0.1, -0.05) is 0 Å². The Balaban J connectivity index is 1.49. The molecule has 1 fully saturated rings. The Morgan fingerprint density at radius 3 is 2.67 bits per heavy atom. The standard InChI is InChI=1S/C20H22N6O/c1-2-25-11-9-22-19(25)16-4-3-10-26(14-16)20(27)17-12-23-18(24-13-17)15-5-7-21-8-6-15/h5-9,11-13,16H,2-4,10,14H2,1H3/t16-/m1/s1. The molecule has 0 aliphatic carbocycles. The Hall–Kier alpha value is -3.09. The van der Waals surface area contributed by atoms with E-state index < -0.39 is 0 Å². The predicted octanol–water partition coefficient (Wildman–Crippen LogP) is 2.77. The summed E-state index contributed by atoms with van der Waals surface area (Å²) in [6, 6.07) is 3.70. The van der Waals surface area contributed by atoms with Gasteiger partial charge in [-0.2, -0.15) is 0 Å². The fraction of sp³-hybridized carbons (Fsp3) is 0.350. The summed E-state index contributed by atoms with van der Waals surface area (Å²) in [5.74, 6) is 1.92. The second-order valence-corrected chi connectivity index (χ2v) is 6.69. The van der Waals surface area contributed by atoms with Crippen LogP contribution < -0.4 is 0 Å². The van der Waals surface area contributed by atoms with Crippen molar-refractivity contribution in [1.82, 2.24) is 29.4 Å². The molecule has 0 saturated carbocycles. The number of likely N-dealkylation sites (tertiary alicyclic amines) is 1. The van der Waals surface area contributed by atoms with Crippen LogP contribution in [0.3, 0.4) is 0 Å². The van der Waals surface area contributed by atoms with Crippen LogP contribution in [0.2, 0.25) is 0 Å². The Kier molecular flexibility index (Phi) is 4.91. The highest BCUT2D eigenvalue weighted by Crippen LogP contribution is 2.27. The van der Waals surface area contributed by atoms with Crippen molar-refractivity contribution in [2.24, 2.45) is 0 Å². The molecule has 1 amide bonds. The van der Waals surface area contributed by atoms with Crippen LogP contribution in [0.15, 0.2) is 49.3 Å². The first-order valence-electron chi connectivity index (χ1n) is 9.29. The van der Waals surface area contributed by atoms with Crippen LogP contribution in [0.5, 0.6) is 0 Å². The highest BCUT2D eigenvalue weighted by molar-refractivity contribution is 5.93. The van der Waals surface area contributed by atoms with E-state index >= 15 is 0 Å². The van der Waals surface area contributed by atoms with Crippen LogP contribution in [0.25, 0.3) is 11.4 Å². The van der Waals surface area contributed by atoms with Gasteiger partial charge in [0.2, 0.25) is 0 Å². The number of hydrogen-bond acceptors (Lipinski definition) is 5. The van der Waals surface area contributed by atoms with Gasteiger partial charge in [-0.3, -0.25) is 9.78 Å². The van der Waals surface area contributed by atoms with E-state index in [-0.39, 0.29) is 11.8 Å². The third kappa shape index (κ3) is 3.58. The smallest absolute Gasteiger partial charge is 0.257 e. The van der Waals surface area contributed by atoms with Crippen molar-refractivity contribution in [3.05, 3.63) is 60.7 Å². The topological polar surface area (TPSA) is 76.8 Å². The molecular formula is C20H22N6O. The summed E-state index contributed by atoms with van der Waals surface area (Å²) in [5, 5.41) is 0. The van der Waals surface area contributed by atoms with E-state index in [9.17, 15) is 4.79 Å². The molecule has 7 heteroatoms. The summed E-state index contributed by atoms with van der Waals surface area (Å²) in [7, 11) is 0. The Morgan fingerprint density at radius 1 is 1.15 bits per heavy atom. The molecule has 7 nitrogen and oxygen atoms in total. The highest BCUT2D eigenvalue weighted by atomic mass is 16.2. The van der Waals surface area contributed by atoms with Crippen molar-refractivity contribution in [2.75, 3.05) is 13.1 Å². The van der Waals surface area contributed by atoms with Gasteiger partial charge in [0, 0.05) is 68.3 Å². The van der Waals surface area contributed by atoms with E-state index in [4.69, 9.17) is 0 Å². The molecule has 0 bridgehead atoms. The number of amides is 1. The van der Waals surface area contributed by atoms with Gasteiger partial charge in [-0.05, 0) is 31.9 Å². The summed E-state index contributed by atoms with van der Waals surface area (Å²) in [4.78, 5) is 32.1. The van der Waals surface area contributed by atoms with Crippen LogP contribution in [-0.4, -0.2) is 48.4 Å².